The van der Waals surface area contributed by atoms with Gasteiger partial charge in [-0.2, -0.15) is 0 Å². The number of aryl methyl sites for hydroxylation is 3. The molecule has 0 nitrogen and oxygen atoms in total. The van der Waals surface area contributed by atoms with Crippen molar-refractivity contribution in [1.29, 1.82) is 0 Å². The van der Waals surface area contributed by atoms with Crippen molar-refractivity contribution in [3.05, 3.63) is 542 Å². The van der Waals surface area contributed by atoms with E-state index in [0.29, 0.717) is 0 Å². The minimum atomic E-state index is -1.01. The monoisotopic (exact) mass is 1650 g/mol. The van der Waals surface area contributed by atoms with Gasteiger partial charge in [0.1, 0.15) is 0 Å². The highest BCUT2D eigenvalue weighted by molar-refractivity contribution is 5.99. The third-order valence-electron chi connectivity index (χ3n) is 26.5. The van der Waals surface area contributed by atoms with Crippen LogP contribution in [0.25, 0.3) is 200 Å². The average molecular weight is 1650 g/mol. The number of hydrogen-bond donors (Lipinski definition) is 0. The summed E-state index contributed by atoms with van der Waals surface area (Å²) in [6, 6.07) is 189. The predicted molar refractivity (Wildman–Crippen MR) is 550 cm³/mol. The minimum absolute atomic E-state index is 1.01. The maximum absolute atomic E-state index is 2.57. The fourth-order valence-electron chi connectivity index (χ4n) is 20.4. The summed E-state index contributed by atoms with van der Waals surface area (Å²) in [5.74, 6) is 0. The van der Waals surface area contributed by atoms with E-state index in [4.69, 9.17) is 0 Å². The normalized spacial score (nSPS) is 11.9. The molecule has 22 rings (SSSR count). The standard InChI is InChI=1S/C130H92/c1-87-63-88(2)128(89(3)64-87)125-60-34-62-127-129(125)124-59-28-29-61-126(124)130(127,122-83-118(102-55-30-51-98(65-102)114-73-106(90-35-12-4-13-36-90)69-107(74-114)91-37-14-5-15-38-91)81-119(84-122)103-56-31-52-99(66-103)115-75-108(92-39-16-6-17-40-92)70-109(76-115)93-41-18-7-19-42-93)123-85-120(104-57-32-53-100(67-104)116-77-110(94-43-20-8-21-44-94)71-111(78-116)95-45-22-9-23-46-95)82-121(86-123)105-58-33-54-101(68-105)117-79-112(96-47-24-10-25-48-96)72-113(80-117)97-49-26-11-27-50-97/h4-86H,1-3H3. The third-order valence-corrected chi connectivity index (χ3v) is 26.5. The average Bonchev–Trinajstić information content (AvgIpc) is 1.51. The second kappa shape index (κ2) is 34.5. The molecule has 0 heteroatoms. The molecule has 0 atom stereocenters. The molecule has 21 aromatic carbocycles. The van der Waals surface area contributed by atoms with Crippen molar-refractivity contribution >= 4 is 0 Å². The quantitative estimate of drug-likeness (QED) is 0.0757. The summed E-state index contributed by atoms with van der Waals surface area (Å²) in [5.41, 5.74) is 48.9. The van der Waals surface area contributed by atoms with Crippen molar-refractivity contribution in [2.45, 2.75) is 26.2 Å². The largest absolute Gasteiger partial charge is 0.0714 e. The van der Waals surface area contributed by atoms with Gasteiger partial charge in [0.15, 0.2) is 0 Å². The molecule has 1 aliphatic rings. The van der Waals surface area contributed by atoms with E-state index in [2.05, 4.69) is 524 Å². The Morgan fingerprint density at radius 1 is 0.123 bits per heavy atom. The zero-order valence-electron chi connectivity index (χ0n) is 72.9. The first-order valence-electron chi connectivity index (χ1n) is 45.2. The Labute approximate surface area is 763 Å². The highest BCUT2D eigenvalue weighted by atomic mass is 14.5. The Balaban J connectivity index is 0.828. The summed E-state index contributed by atoms with van der Waals surface area (Å²) in [5, 5.41) is 0. The molecule has 0 aromatic heterocycles. The van der Waals surface area contributed by atoms with Gasteiger partial charge in [0, 0.05) is 0 Å². The van der Waals surface area contributed by atoms with Gasteiger partial charge < -0.3 is 0 Å². The Morgan fingerprint density at radius 2 is 0.292 bits per heavy atom. The van der Waals surface area contributed by atoms with Crippen LogP contribution in [0, 0.1) is 20.8 Å². The molecule has 0 N–H and O–H groups in total. The van der Waals surface area contributed by atoms with Crippen LogP contribution in [-0.2, 0) is 5.41 Å². The third kappa shape index (κ3) is 15.5. The van der Waals surface area contributed by atoms with Crippen LogP contribution in [0.2, 0.25) is 0 Å². The summed E-state index contributed by atoms with van der Waals surface area (Å²) in [6.07, 6.45) is 0. The molecular weight excluding hydrogens is 1560 g/mol. The second-order valence-corrected chi connectivity index (χ2v) is 34.8. The van der Waals surface area contributed by atoms with E-state index in [1.165, 1.54) is 94.6 Å². The van der Waals surface area contributed by atoms with Gasteiger partial charge >= 0.3 is 0 Å². The van der Waals surface area contributed by atoms with Gasteiger partial charge in [0.25, 0.3) is 0 Å². The summed E-state index contributed by atoms with van der Waals surface area (Å²) in [7, 11) is 0. The lowest BCUT2D eigenvalue weighted by molar-refractivity contribution is 0.770. The van der Waals surface area contributed by atoms with E-state index >= 15 is 0 Å². The molecule has 0 radical (unpaired) electrons. The van der Waals surface area contributed by atoms with Crippen molar-refractivity contribution < 1.29 is 0 Å². The number of hydrogen-bond acceptors (Lipinski definition) is 0. The van der Waals surface area contributed by atoms with Crippen LogP contribution < -0.4 is 0 Å². The van der Waals surface area contributed by atoms with Crippen molar-refractivity contribution in [2.24, 2.45) is 0 Å². The molecule has 130 heavy (non-hydrogen) atoms. The lowest BCUT2D eigenvalue weighted by Gasteiger charge is -2.35. The SMILES string of the molecule is Cc1cc(C)c(-c2cccc3c2-c2ccccc2C3(c2cc(-c3cccc(-c4cc(-c5ccccc5)cc(-c5ccccc5)c4)c3)cc(-c3cccc(-c4cc(-c5ccccc5)cc(-c5ccccc5)c4)c3)c2)c2cc(-c3cccc(-c4cc(-c5ccccc5)cc(-c5ccccc5)c4)c3)cc(-c3cccc(-c4cc(-c5ccccc5)cc(-c5ccccc5)c4)c3)c2)c(C)c1. The van der Waals surface area contributed by atoms with E-state index in [1.807, 2.05) is 0 Å². The van der Waals surface area contributed by atoms with Crippen molar-refractivity contribution in [2.75, 3.05) is 0 Å². The Bertz CT molecular complexity index is 6780. The van der Waals surface area contributed by atoms with E-state index < -0.39 is 5.41 Å². The molecule has 0 saturated carbocycles. The molecule has 0 bridgehead atoms. The molecular formula is C130H92. The van der Waals surface area contributed by atoms with Crippen molar-refractivity contribution in [3.63, 3.8) is 0 Å². The van der Waals surface area contributed by atoms with Gasteiger partial charge in [0.05, 0.1) is 5.41 Å². The molecule has 612 valence electrons. The maximum Gasteiger partial charge on any atom is 0.0714 e. The summed E-state index contributed by atoms with van der Waals surface area (Å²) >= 11 is 0. The summed E-state index contributed by atoms with van der Waals surface area (Å²) in [6.45, 7) is 6.84. The molecule has 21 aromatic rings. The van der Waals surface area contributed by atoms with E-state index in [0.717, 1.165) is 145 Å². The number of fused-ring (bicyclic) bond motifs is 3. The van der Waals surface area contributed by atoms with Crippen LogP contribution in [0.1, 0.15) is 38.9 Å². The Kier molecular flexibility index (Phi) is 21.1. The first-order chi connectivity index (χ1) is 64.1. The van der Waals surface area contributed by atoms with Crippen molar-refractivity contribution in [3.8, 4) is 200 Å². The lowest BCUT2D eigenvalue weighted by Crippen LogP contribution is -2.29. The first kappa shape index (κ1) is 79.5. The van der Waals surface area contributed by atoms with Gasteiger partial charge in [0.2, 0.25) is 0 Å². The summed E-state index contributed by atoms with van der Waals surface area (Å²) < 4.78 is 0. The number of rotatable bonds is 19. The molecule has 1 aliphatic carbocycles. The van der Waals surface area contributed by atoms with Crippen molar-refractivity contribution in [1.82, 2.24) is 0 Å². The topological polar surface area (TPSA) is 0 Å². The highest BCUT2D eigenvalue weighted by Gasteiger charge is 2.48. The van der Waals surface area contributed by atoms with Gasteiger partial charge in [-0.05, 0) is 388 Å². The molecule has 0 saturated heterocycles. The van der Waals surface area contributed by atoms with Gasteiger partial charge in [-0.15, -0.1) is 0 Å². The molecule has 0 amide bonds. The van der Waals surface area contributed by atoms with Crippen LogP contribution >= 0.6 is 0 Å². The fourth-order valence-corrected chi connectivity index (χ4v) is 20.4. The second-order valence-electron chi connectivity index (χ2n) is 34.8. The van der Waals surface area contributed by atoms with E-state index in [1.54, 1.807) is 0 Å². The maximum atomic E-state index is 2.57. The lowest BCUT2D eigenvalue weighted by atomic mass is 9.66. The summed E-state index contributed by atoms with van der Waals surface area (Å²) in [4.78, 5) is 0. The number of benzene rings is 21. The molecule has 0 fully saturated rings. The van der Waals surface area contributed by atoms with E-state index in [9.17, 15) is 0 Å². The Morgan fingerprint density at radius 3 is 0.531 bits per heavy atom. The molecule has 0 aliphatic heterocycles. The minimum Gasteiger partial charge on any atom is -0.0622 e. The van der Waals surface area contributed by atoms with Gasteiger partial charge in [-0.1, -0.05) is 376 Å². The first-order valence-corrected chi connectivity index (χ1v) is 45.2. The van der Waals surface area contributed by atoms with Crippen LogP contribution in [0.4, 0.5) is 0 Å². The molecule has 0 unspecified atom stereocenters. The van der Waals surface area contributed by atoms with Crippen LogP contribution in [0.15, 0.2) is 504 Å². The van der Waals surface area contributed by atoms with Crippen LogP contribution in [-0.4, -0.2) is 0 Å². The Hall–Kier alpha value is -16.4. The highest BCUT2D eigenvalue weighted by Crippen LogP contribution is 2.61. The molecule has 0 spiro atoms. The smallest absolute Gasteiger partial charge is 0.0622 e. The zero-order chi connectivity index (χ0) is 87.0. The predicted octanol–water partition coefficient (Wildman–Crippen LogP) is 35.3. The zero-order valence-corrected chi connectivity index (χ0v) is 72.9. The van der Waals surface area contributed by atoms with Crippen LogP contribution in [0.3, 0.4) is 0 Å². The van der Waals surface area contributed by atoms with Gasteiger partial charge in [-0.25, -0.2) is 0 Å². The van der Waals surface area contributed by atoms with Crippen LogP contribution in [0.5, 0.6) is 0 Å². The van der Waals surface area contributed by atoms with Gasteiger partial charge in [-0.3, -0.25) is 0 Å². The van der Waals surface area contributed by atoms with E-state index in [-0.39, 0.29) is 0 Å². The molecule has 0 heterocycles. The fraction of sp³-hybridized carbons (Fsp3) is 0.0308.